The van der Waals surface area contributed by atoms with Crippen molar-refractivity contribution in [3.8, 4) is 0 Å². The fourth-order valence-electron chi connectivity index (χ4n) is 1.40. The van der Waals surface area contributed by atoms with Gasteiger partial charge in [-0.15, -0.1) is 11.3 Å². The number of aryl methyl sites for hydroxylation is 1. The third-order valence-electron chi connectivity index (χ3n) is 2.08. The molecule has 0 bridgehead atoms. The van der Waals surface area contributed by atoms with Gasteiger partial charge in [-0.2, -0.15) is 0 Å². The smallest absolute Gasteiger partial charge is 0.0498 e. The number of halogens is 2. The second-order valence-corrected chi connectivity index (χ2v) is 5.74. The van der Waals surface area contributed by atoms with Gasteiger partial charge >= 0.3 is 0 Å². The molecule has 0 atom stereocenters. The standard InChI is InChI=1S/C10H8BrIS/c1-2-6-5-13-10-7(11)3-4-8(12)9(6)10/h3-5H,2H2,1H3. The van der Waals surface area contributed by atoms with Crippen LogP contribution in [0.4, 0.5) is 0 Å². The molecule has 0 spiro atoms. The molecule has 0 N–H and O–H groups in total. The van der Waals surface area contributed by atoms with E-state index in [2.05, 4.69) is 63.0 Å². The van der Waals surface area contributed by atoms with Crippen molar-refractivity contribution in [2.24, 2.45) is 0 Å². The van der Waals surface area contributed by atoms with Crippen LogP contribution in [0.2, 0.25) is 0 Å². The molecule has 0 unspecified atom stereocenters. The zero-order chi connectivity index (χ0) is 9.42. The van der Waals surface area contributed by atoms with Crippen LogP contribution in [0, 0.1) is 3.57 Å². The third kappa shape index (κ3) is 1.66. The highest BCUT2D eigenvalue weighted by Gasteiger charge is 2.08. The monoisotopic (exact) mass is 366 g/mol. The van der Waals surface area contributed by atoms with Crippen LogP contribution in [-0.4, -0.2) is 0 Å². The number of fused-ring (bicyclic) bond motifs is 1. The summed E-state index contributed by atoms with van der Waals surface area (Å²) in [6, 6.07) is 4.29. The van der Waals surface area contributed by atoms with E-state index in [0.29, 0.717) is 0 Å². The van der Waals surface area contributed by atoms with E-state index in [0.717, 1.165) is 6.42 Å². The molecular formula is C10H8BrIS. The van der Waals surface area contributed by atoms with Crippen molar-refractivity contribution in [1.29, 1.82) is 0 Å². The van der Waals surface area contributed by atoms with E-state index in [-0.39, 0.29) is 0 Å². The molecule has 1 heterocycles. The molecule has 1 aromatic carbocycles. The average Bonchev–Trinajstić information content (AvgIpc) is 2.56. The zero-order valence-corrected chi connectivity index (χ0v) is 11.7. The molecular weight excluding hydrogens is 359 g/mol. The lowest BCUT2D eigenvalue weighted by Crippen LogP contribution is -1.80. The summed E-state index contributed by atoms with van der Waals surface area (Å²) in [5, 5.41) is 3.69. The molecule has 0 saturated carbocycles. The number of hydrogen-bond acceptors (Lipinski definition) is 1. The van der Waals surface area contributed by atoms with Crippen LogP contribution in [0.1, 0.15) is 12.5 Å². The van der Waals surface area contributed by atoms with Gasteiger partial charge in [0.25, 0.3) is 0 Å². The van der Waals surface area contributed by atoms with E-state index in [4.69, 9.17) is 0 Å². The van der Waals surface area contributed by atoms with Gasteiger partial charge in [0.05, 0.1) is 0 Å². The minimum absolute atomic E-state index is 1.12. The second kappa shape index (κ2) is 3.87. The third-order valence-corrected chi connectivity index (χ3v) is 4.96. The Morgan fingerprint density at radius 2 is 2.23 bits per heavy atom. The molecule has 0 amide bonds. The Morgan fingerprint density at radius 3 is 2.92 bits per heavy atom. The lowest BCUT2D eigenvalue weighted by atomic mass is 10.1. The highest BCUT2D eigenvalue weighted by Crippen LogP contribution is 2.35. The number of benzene rings is 1. The van der Waals surface area contributed by atoms with Gasteiger partial charge in [0, 0.05) is 18.1 Å². The Hall–Kier alpha value is 0.390. The van der Waals surface area contributed by atoms with E-state index in [1.165, 1.54) is 23.7 Å². The predicted octanol–water partition coefficient (Wildman–Crippen LogP) is 4.83. The van der Waals surface area contributed by atoms with Crippen LogP contribution in [-0.2, 0) is 6.42 Å². The van der Waals surface area contributed by atoms with E-state index < -0.39 is 0 Å². The van der Waals surface area contributed by atoms with Gasteiger partial charge in [-0.25, -0.2) is 0 Å². The Bertz CT molecular complexity index is 447. The molecule has 0 radical (unpaired) electrons. The van der Waals surface area contributed by atoms with Crippen molar-refractivity contribution in [3.63, 3.8) is 0 Å². The van der Waals surface area contributed by atoms with Crippen LogP contribution in [0.15, 0.2) is 22.0 Å². The first kappa shape index (κ1) is 9.93. The first-order chi connectivity index (χ1) is 6.24. The van der Waals surface area contributed by atoms with Gasteiger partial charge in [-0.05, 0) is 68.0 Å². The molecule has 1 aromatic heterocycles. The van der Waals surface area contributed by atoms with Gasteiger partial charge in [-0.3, -0.25) is 0 Å². The van der Waals surface area contributed by atoms with E-state index in [1.807, 2.05) is 11.3 Å². The van der Waals surface area contributed by atoms with Crippen molar-refractivity contribution in [2.45, 2.75) is 13.3 Å². The Kier molecular flexibility index (Phi) is 2.95. The van der Waals surface area contributed by atoms with Crippen LogP contribution in [0.25, 0.3) is 10.1 Å². The van der Waals surface area contributed by atoms with Crippen molar-refractivity contribution in [1.82, 2.24) is 0 Å². The number of rotatable bonds is 1. The Morgan fingerprint density at radius 1 is 1.46 bits per heavy atom. The van der Waals surface area contributed by atoms with Gasteiger partial charge in [0.1, 0.15) is 0 Å². The van der Waals surface area contributed by atoms with E-state index >= 15 is 0 Å². The SMILES string of the molecule is CCc1csc2c(Br)ccc(I)c12. The Balaban J connectivity index is 2.87. The Labute approximate surface area is 104 Å². The first-order valence-corrected chi connectivity index (χ1v) is 6.83. The summed E-state index contributed by atoms with van der Waals surface area (Å²) in [5.41, 5.74) is 1.46. The van der Waals surface area contributed by atoms with Crippen molar-refractivity contribution >= 4 is 59.9 Å². The maximum Gasteiger partial charge on any atom is 0.0498 e. The predicted molar refractivity (Wildman–Crippen MR) is 71.6 cm³/mol. The lowest BCUT2D eigenvalue weighted by molar-refractivity contribution is 1.17. The summed E-state index contributed by atoms with van der Waals surface area (Å²) in [6.07, 6.45) is 1.12. The van der Waals surface area contributed by atoms with Gasteiger partial charge in [-0.1, -0.05) is 6.92 Å². The second-order valence-electron chi connectivity index (χ2n) is 2.85. The molecule has 0 fully saturated rings. The molecule has 2 aromatic rings. The minimum atomic E-state index is 1.12. The summed E-state index contributed by atoms with van der Waals surface area (Å²) in [5.74, 6) is 0. The molecule has 0 aliphatic carbocycles. The van der Waals surface area contributed by atoms with E-state index in [1.54, 1.807) is 0 Å². The molecule has 13 heavy (non-hydrogen) atoms. The summed E-state index contributed by atoms with van der Waals surface area (Å²) in [7, 11) is 0. The van der Waals surface area contributed by atoms with Gasteiger partial charge in [0.2, 0.25) is 0 Å². The molecule has 0 aliphatic rings. The molecule has 68 valence electrons. The fourth-order valence-corrected chi connectivity index (χ4v) is 4.07. The summed E-state index contributed by atoms with van der Waals surface area (Å²) < 4.78 is 3.95. The van der Waals surface area contributed by atoms with Gasteiger partial charge < -0.3 is 0 Å². The fraction of sp³-hybridized carbons (Fsp3) is 0.200. The highest BCUT2D eigenvalue weighted by molar-refractivity contribution is 14.1. The van der Waals surface area contributed by atoms with Crippen LogP contribution in [0.3, 0.4) is 0 Å². The normalized spacial score (nSPS) is 11.0. The number of thiophene rings is 1. The van der Waals surface area contributed by atoms with Crippen molar-refractivity contribution in [3.05, 3.63) is 31.1 Å². The van der Waals surface area contributed by atoms with Crippen LogP contribution >= 0.6 is 49.9 Å². The topological polar surface area (TPSA) is 0 Å². The largest absolute Gasteiger partial charge is 0.142 e. The summed E-state index contributed by atoms with van der Waals surface area (Å²) >= 11 is 7.81. The first-order valence-electron chi connectivity index (χ1n) is 4.08. The quantitative estimate of drug-likeness (QED) is 0.634. The molecule has 0 aliphatic heterocycles. The van der Waals surface area contributed by atoms with Crippen molar-refractivity contribution in [2.75, 3.05) is 0 Å². The lowest BCUT2D eigenvalue weighted by Gasteiger charge is -1.99. The van der Waals surface area contributed by atoms with Gasteiger partial charge in [0.15, 0.2) is 0 Å². The van der Waals surface area contributed by atoms with E-state index in [9.17, 15) is 0 Å². The maximum absolute atomic E-state index is 3.58. The minimum Gasteiger partial charge on any atom is -0.142 e. The average molecular weight is 367 g/mol. The molecule has 2 rings (SSSR count). The van der Waals surface area contributed by atoms with Crippen molar-refractivity contribution < 1.29 is 0 Å². The molecule has 0 saturated heterocycles. The van der Waals surface area contributed by atoms with Crippen LogP contribution in [0.5, 0.6) is 0 Å². The maximum atomic E-state index is 3.58. The molecule has 0 nitrogen and oxygen atoms in total. The zero-order valence-electron chi connectivity index (χ0n) is 7.10. The number of hydrogen-bond donors (Lipinski definition) is 0. The highest BCUT2D eigenvalue weighted by atomic mass is 127. The van der Waals surface area contributed by atoms with Crippen LogP contribution < -0.4 is 0 Å². The summed E-state index contributed by atoms with van der Waals surface area (Å²) in [4.78, 5) is 0. The molecule has 3 heteroatoms. The summed E-state index contributed by atoms with van der Waals surface area (Å²) in [6.45, 7) is 2.21.